The molecule has 0 saturated heterocycles. The van der Waals surface area contributed by atoms with Gasteiger partial charge in [-0.1, -0.05) is 60.7 Å². The van der Waals surface area contributed by atoms with Gasteiger partial charge in [0, 0.05) is 17.2 Å². The molecule has 0 fully saturated rings. The highest BCUT2D eigenvalue weighted by Gasteiger charge is 2.27. The van der Waals surface area contributed by atoms with Crippen LogP contribution in [0.15, 0.2) is 66.7 Å². The molecule has 1 aliphatic rings. The highest BCUT2D eigenvalue weighted by molar-refractivity contribution is 5.88. The van der Waals surface area contributed by atoms with Crippen LogP contribution in [0.1, 0.15) is 30.3 Å². The third kappa shape index (κ3) is 2.08. The molecule has 2 nitrogen and oxygen atoms in total. The summed E-state index contributed by atoms with van der Waals surface area (Å²) in [4.78, 5) is 0. The Kier molecular flexibility index (Phi) is 2.90. The monoisotopic (exact) mass is 275 g/mol. The Bertz CT molecular complexity index is 782. The van der Waals surface area contributed by atoms with Gasteiger partial charge in [-0.05, 0) is 23.8 Å². The van der Waals surface area contributed by atoms with E-state index in [4.69, 9.17) is 4.74 Å². The number of rotatable bonds is 1. The first-order valence-electron chi connectivity index (χ1n) is 7.32. The fourth-order valence-corrected chi connectivity index (χ4v) is 3.09. The van der Waals surface area contributed by atoms with Crippen molar-refractivity contribution >= 4 is 10.8 Å². The zero-order valence-corrected chi connectivity index (χ0v) is 11.9. The summed E-state index contributed by atoms with van der Waals surface area (Å²) >= 11 is 0. The van der Waals surface area contributed by atoms with Gasteiger partial charge in [0.1, 0.15) is 5.75 Å². The van der Waals surface area contributed by atoms with Crippen LogP contribution in [0.3, 0.4) is 0 Å². The molecule has 2 heteroatoms. The molecule has 2 atom stereocenters. The fourth-order valence-electron chi connectivity index (χ4n) is 3.09. The fraction of sp³-hybridized carbons (Fsp3) is 0.158. The van der Waals surface area contributed by atoms with Crippen molar-refractivity contribution in [3.63, 3.8) is 0 Å². The van der Waals surface area contributed by atoms with Crippen LogP contribution < -0.4 is 10.1 Å². The van der Waals surface area contributed by atoms with E-state index in [0.717, 1.165) is 11.3 Å². The summed E-state index contributed by atoms with van der Waals surface area (Å²) in [6.07, 6.45) is -0.0881. The Morgan fingerprint density at radius 3 is 2.48 bits per heavy atom. The summed E-state index contributed by atoms with van der Waals surface area (Å²) in [7, 11) is 0. The smallest absolute Gasteiger partial charge is 0.176 e. The topological polar surface area (TPSA) is 21.3 Å². The molecule has 0 spiro atoms. The predicted molar refractivity (Wildman–Crippen MR) is 85.3 cm³/mol. The van der Waals surface area contributed by atoms with Gasteiger partial charge in [-0.2, -0.15) is 0 Å². The van der Waals surface area contributed by atoms with E-state index in [1.165, 1.54) is 16.3 Å². The molecule has 1 heterocycles. The zero-order chi connectivity index (χ0) is 14.2. The minimum Gasteiger partial charge on any atom is -0.471 e. The molecule has 0 radical (unpaired) electrons. The molecular weight excluding hydrogens is 258 g/mol. The van der Waals surface area contributed by atoms with Crippen LogP contribution in [0.2, 0.25) is 0 Å². The minimum atomic E-state index is -0.0881. The molecule has 3 aromatic rings. The summed E-state index contributed by atoms with van der Waals surface area (Å²) < 4.78 is 6.19. The van der Waals surface area contributed by atoms with Crippen molar-refractivity contribution < 1.29 is 4.74 Å². The highest BCUT2D eigenvalue weighted by atomic mass is 16.5. The van der Waals surface area contributed by atoms with Gasteiger partial charge < -0.3 is 4.74 Å². The van der Waals surface area contributed by atoms with Gasteiger partial charge in [-0.25, -0.2) is 0 Å². The van der Waals surface area contributed by atoms with Crippen LogP contribution >= 0.6 is 0 Å². The van der Waals surface area contributed by atoms with E-state index in [0.29, 0.717) is 0 Å². The minimum absolute atomic E-state index is 0.0881. The molecule has 3 aromatic carbocycles. The maximum atomic E-state index is 6.19. The van der Waals surface area contributed by atoms with Crippen molar-refractivity contribution in [3.8, 4) is 5.75 Å². The average Bonchev–Trinajstić information content (AvgIpc) is 2.55. The van der Waals surface area contributed by atoms with Crippen LogP contribution in [0.5, 0.6) is 5.75 Å². The van der Waals surface area contributed by atoms with Gasteiger partial charge in [0.15, 0.2) is 6.23 Å². The normalized spacial score (nSPS) is 20.8. The van der Waals surface area contributed by atoms with Crippen LogP contribution in [-0.4, -0.2) is 0 Å². The van der Waals surface area contributed by atoms with E-state index in [9.17, 15) is 0 Å². The molecule has 1 N–H and O–H groups in total. The Hall–Kier alpha value is -2.32. The maximum Gasteiger partial charge on any atom is 0.176 e. The van der Waals surface area contributed by atoms with E-state index < -0.39 is 0 Å². The second kappa shape index (κ2) is 4.90. The lowest BCUT2D eigenvalue weighted by molar-refractivity contribution is 0.129. The first-order valence-corrected chi connectivity index (χ1v) is 7.32. The third-order valence-corrected chi connectivity index (χ3v) is 4.11. The molecule has 104 valence electrons. The Morgan fingerprint density at radius 2 is 1.62 bits per heavy atom. The molecule has 4 rings (SSSR count). The first kappa shape index (κ1) is 12.4. The lowest BCUT2D eigenvalue weighted by Gasteiger charge is -2.33. The summed E-state index contributed by atoms with van der Waals surface area (Å²) in [5.74, 6) is 0.980. The summed E-state index contributed by atoms with van der Waals surface area (Å²) in [6, 6.07) is 23.2. The van der Waals surface area contributed by atoms with Crippen molar-refractivity contribution in [2.45, 2.75) is 19.2 Å². The van der Waals surface area contributed by atoms with Crippen LogP contribution in [0.25, 0.3) is 10.8 Å². The number of benzene rings is 3. The van der Waals surface area contributed by atoms with E-state index in [2.05, 4.69) is 60.8 Å². The average molecular weight is 275 g/mol. The predicted octanol–water partition coefficient (Wildman–Crippen LogP) is 4.58. The molecule has 1 aliphatic heterocycles. The van der Waals surface area contributed by atoms with Crippen LogP contribution in [-0.2, 0) is 0 Å². The van der Waals surface area contributed by atoms with Crippen molar-refractivity contribution in [1.82, 2.24) is 5.32 Å². The van der Waals surface area contributed by atoms with Gasteiger partial charge in [0.05, 0.1) is 0 Å². The summed E-state index contributed by atoms with van der Waals surface area (Å²) in [5.41, 5.74) is 2.41. The molecule has 0 amide bonds. The standard InChI is InChI=1S/C19H17NO/c1-13-18-16-10-6-5-7-14(16)11-12-17(18)21-19(20-13)15-8-3-2-4-9-15/h2-13,19-20H,1H3/t13-,19-/m1/s1. The van der Waals surface area contributed by atoms with Gasteiger partial charge in [-0.3, -0.25) is 5.32 Å². The SMILES string of the molecule is C[C@H]1N[C@@H](c2ccccc2)Oc2ccc3ccccc3c21. The molecular formula is C19H17NO. The number of fused-ring (bicyclic) bond motifs is 3. The molecule has 0 aromatic heterocycles. The lowest BCUT2D eigenvalue weighted by Crippen LogP contribution is -2.33. The third-order valence-electron chi connectivity index (χ3n) is 4.11. The van der Waals surface area contributed by atoms with Crippen molar-refractivity contribution in [2.24, 2.45) is 0 Å². The quantitative estimate of drug-likeness (QED) is 0.701. The summed E-state index contributed by atoms with van der Waals surface area (Å²) in [5, 5.41) is 6.08. The Labute approximate surface area is 124 Å². The Balaban J connectivity index is 1.81. The van der Waals surface area contributed by atoms with E-state index in [1.54, 1.807) is 0 Å². The van der Waals surface area contributed by atoms with E-state index >= 15 is 0 Å². The van der Waals surface area contributed by atoms with Crippen molar-refractivity contribution in [1.29, 1.82) is 0 Å². The molecule has 0 saturated carbocycles. The zero-order valence-electron chi connectivity index (χ0n) is 11.9. The van der Waals surface area contributed by atoms with Gasteiger partial charge in [-0.15, -0.1) is 0 Å². The number of ether oxygens (including phenoxy) is 1. The number of hydrogen-bond acceptors (Lipinski definition) is 2. The van der Waals surface area contributed by atoms with E-state index in [-0.39, 0.29) is 12.3 Å². The first-order chi connectivity index (χ1) is 10.3. The lowest BCUT2D eigenvalue weighted by atomic mass is 9.96. The van der Waals surface area contributed by atoms with Gasteiger partial charge in [0.25, 0.3) is 0 Å². The molecule has 0 unspecified atom stereocenters. The van der Waals surface area contributed by atoms with Gasteiger partial charge >= 0.3 is 0 Å². The second-order valence-electron chi connectivity index (χ2n) is 5.50. The molecule has 0 aliphatic carbocycles. The van der Waals surface area contributed by atoms with Gasteiger partial charge in [0.2, 0.25) is 0 Å². The number of nitrogens with one attached hydrogen (secondary N) is 1. The molecule has 0 bridgehead atoms. The number of hydrogen-bond donors (Lipinski definition) is 1. The molecule has 21 heavy (non-hydrogen) atoms. The van der Waals surface area contributed by atoms with Crippen molar-refractivity contribution in [2.75, 3.05) is 0 Å². The largest absolute Gasteiger partial charge is 0.471 e. The second-order valence-corrected chi connectivity index (χ2v) is 5.50. The van der Waals surface area contributed by atoms with Crippen LogP contribution in [0.4, 0.5) is 0 Å². The summed E-state index contributed by atoms with van der Waals surface area (Å²) in [6.45, 7) is 2.20. The Morgan fingerprint density at radius 1 is 0.857 bits per heavy atom. The van der Waals surface area contributed by atoms with Crippen LogP contribution in [0, 0.1) is 0 Å². The highest BCUT2D eigenvalue weighted by Crippen LogP contribution is 2.39. The van der Waals surface area contributed by atoms with E-state index in [1.807, 2.05) is 18.2 Å². The van der Waals surface area contributed by atoms with Crippen molar-refractivity contribution in [3.05, 3.63) is 77.9 Å². The maximum absolute atomic E-state index is 6.19.